The molecule has 2 fully saturated rings. The third-order valence-electron chi connectivity index (χ3n) is 6.12. The Labute approximate surface area is 206 Å². The molecular formula is C25H35ClN6O2. The number of nitrogens with two attached hydrogens (primary N) is 2. The maximum Gasteiger partial charge on any atom is 0.229 e. The fourth-order valence-corrected chi connectivity index (χ4v) is 4.49. The van der Waals surface area contributed by atoms with E-state index in [4.69, 9.17) is 23.1 Å². The lowest BCUT2D eigenvalue weighted by Crippen LogP contribution is -2.47. The van der Waals surface area contributed by atoms with E-state index in [0.717, 1.165) is 74.3 Å². The van der Waals surface area contributed by atoms with Crippen molar-refractivity contribution in [1.29, 1.82) is 0 Å². The van der Waals surface area contributed by atoms with Crippen molar-refractivity contribution in [2.75, 3.05) is 43.4 Å². The summed E-state index contributed by atoms with van der Waals surface area (Å²) in [5.41, 5.74) is 14.0. The number of amides is 2. The number of carbonyl (C=O) groups is 2. The molecule has 4 N–H and O–H groups in total. The minimum Gasteiger partial charge on any atom is -0.386 e. The molecule has 0 saturated carbocycles. The molecule has 2 amide bonds. The Bertz CT molecular complexity index is 1040. The number of benzene rings is 1. The van der Waals surface area contributed by atoms with Crippen molar-refractivity contribution in [2.45, 2.75) is 46.0 Å². The van der Waals surface area contributed by atoms with Crippen molar-refractivity contribution >= 4 is 45.8 Å². The number of piperazine rings is 1. The minimum atomic E-state index is -0.114. The smallest absolute Gasteiger partial charge is 0.229 e. The zero-order chi connectivity index (χ0) is 24.7. The van der Waals surface area contributed by atoms with Gasteiger partial charge >= 0.3 is 0 Å². The van der Waals surface area contributed by atoms with Gasteiger partial charge in [-0.25, -0.2) is 4.98 Å². The average molecular weight is 487 g/mol. The number of fused-ring (bicyclic) bond motifs is 1. The first-order valence-corrected chi connectivity index (χ1v) is 12.3. The van der Waals surface area contributed by atoms with Crippen LogP contribution in [0, 0.1) is 0 Å². The van der Waals surface area contributed by atoms with Gasteiger partial charge in [0.15, 0.2) is 0 Å². The molecule has 184 valence electrons. The molecule has 0 radical (unpaired) electrons. The van der Waals surface area contributed by atoms with Crippen LogP contribution in [0.3, 0.4) is 0 Å². The third-order valence-corrected chi connectivity index (χ3v) is 6.36. The number of pyridine rings is 1. The van der Waals surface area contributed by atoms with Crippen LogP contribution in [-0.4, -0.2) is 59.3 Å². The number of anilines is 2. The Morgan fingerprint density at radius 1 is 1.12 bits per heavy atom. The van der Waals surface area contributed by atoms with E-state index in [1.54, 1.807) is 0 Å². The van der Waals surface area contributed by atoms with E-state index in [1.807, 2.05) is 24.3 Å². The Balaban J connectivity index is 0.000000248. The first-order valence-electron chi connectivity index (χ1n) is 11.9. The van der Waals surface area contributed by atoms with Crippen LogP contribution in [0.25, 0.3) is 10.9 Å². The molecule has 3 heterocycles. The number of halogens is 1. The lowest BCUT2D eigenvalue weighted by molar-refractivity contribution is -0.142. The molecule has 1 aromatic carbocycles. The SMILES string of the molecule is CC(=O)N1CCCCCC1=O.CC/C=C(\N)N1CCN(c2cc(N)nc3cc(Cl)ccc23)CC1. The van der Waals surface area contributed by atoms with Crippen molar-refractivity contribution in [1.82, 2.24) is 14.8 Å². The molecule has 0 aliphatic carbocycles. The highest BCUT2D eigenvalue weighted by Gasteiger charge is 2.20. The van der Waals surface area contributed by atoms with E-state index >= 15 is 0 Å². The predicted molar refractivity (Wildman–Crippen MR) is 138 cm³/mol. The highest BCUT2D eigenvalue weighted by atomic mass is 35.5. The second kappa shape index (κ2) is 11.9. The number of rotatable bonds is 3. The fraction of sp³-hybridized carbons (Fsp3) is 0.480. The van der Waals surface area contributed by atoms with E-state index in [0.29, 0.717) is 23.8 Å². The van der Waals surface area contributed by atoms with E-state index in [-0.39, 0.29) is 11.8 Å². The number of hydrogen-bond acceptors (Lipinski definition) is 7. The number of nitrogen functional groups attached to an aromatic ring is 1. The Morgan fingerprint density at radius 3 is 2.53 bits per heavy atom. The standard InChI is InChI=1S/C17H22ClN5.C8H13NO2/c1-2-3-17(20)23-8-6-22(7-9-23)15-11-16(19)21-14-10-12(18)4-5-13(14)15;1-7(10)9-6-4-2-3-5-8(9)11/h3-5,10-11H,2,6-9,20H2,1H3,(H2,19,21);2-6H2,1H3/b17-3+;. The van der Waals surface area contributed by atoms with E-state index in [2.05, 4.69) is 27.8 Å². The summed E-state index contributed by atoms with van der Waals surface area (Å²) in [7, 11) is 0. The highest BCUT2D eigenvalue weighted by Crippen LogP contribution is 2.30. The largest absolute Gasteiger partial charge is 0.386 e. The van der Waals surface area contributed by atoms with Gasteiger partial charge in [-0.3, -0.25) is 14.5 Å². The lowest BCUT2D eigenvalue weighted by atomic mass is 10.1. The number of imide groups is 1. The minimum absolute atomic E-state index is 0.00463. The fourth-order valence-electron chi connectivity index (χ4n) is 4.32. The molecule has 0 bridgehead atoms. The second-order valence-corrected chi connectivity index (χ2v) is 9.05. The average Bonchev–Trinajstić information content (AvgIpc) is 3.03. The van der Waals surface area contributed by atoms with Crippen molar-refractivity contribution < 1.29 is 9.59 Å². The van der Waals surface area contributed by atoms with Gasteiger partial charge in [-0.2, -0.15) is 0 Å². The van der Waals surface area contributed by atoms with Gasteiger partial charge in [-0.15, -0.1) is 0 Å². The van der Waals surface area contributed by atoms with Gasteiger partial charge < -0.3 is 21.3 Å². The van der Waals surface area contributed by atoms with Crippen LogP contribution in [0.4, 0.5) is 11.5 Å². The van der Waals surface area contributed by atoms with Crippen LogP contribution in [0.15, 0.2) is 36.2 Å². The Kier molecular flexibility index (Phi) is 8.98. The normalized spacial score (nSPS) is 17.3. The molecule has 2 aliphatic rings. The third kappa shape index (κ3) is 6.53. The number of carbonyl (C=O) groups excluding carboxylic acids is 2. The molecule has 0 unspecified atom stereocenters. The van der Waals surface area contributed by atoms with E-state index in [9.17, 15) is 9.59 Å². The van der Waals surface area contributed by atoms with Crippen LogP contribution >= 0.6 is 11.6 Å². The molecule has 9 heteroatoms. The van der Waals surface area contributed by atoms with Crippen LogP contribution in [0.1, 0.15) is 46.0 Å². The molecule has 2 aromatic rings. The Hall–Kier alpha value is -3.00. The molecule has 4 rings (SSSR count). The highest BCUT2D eigenvalue weighted by molar-refractivity contribution is 6.31. The number of aromatic nitrogens is 1. The summed E-state index contributed by atoms with van der Waals surface area (Å²) in [5.74, 6) is 1.27. The monoisotopic (exact) mass is 486 g/mol. The van der Waals surface area contributed by atoms with Gasteiger partial charge in [0.25, 0.3) is 0 Å². The summed E-state index contributed by atoms with van der Waals surface area (Å²) in [5, 5.41) is 1.75. The van der Waals surface area contributed by atoms with E-state index in [1.165, 1.54) is 11.8 Å². The summed E-state index contributed by atoms with van der Waals surface area (Å²) in [4.78, 5) is 32.3. The molecule has 34 heavy (non-hydrogen) atoms. The predicted octanol–water partition coefficient (Wildman–Crippen LogP) is 3.74. The number of hydrogen-bond donors (Lipinski definition) is 2. The van der Waals surface area contributed by atoms with Gasteiger partial charge in [0.2, 0.25) is 11.8 Å². The molecule has 2 saturated heterocycles. The zero-order valence-electron chi connectivity index (χ0n) is 20.1. The lowest BCUT2D eigenvalue weighted by Gasteiger charge is -2.37. The van der Waals surface area contributed by atoms with Crippen molar-refractivity contribution in [3.05, 3.63) is 41.2 Å². The van der Waals surface area contributed by atoms with Gasteiger partial charge in [0.1, 0.15) is 5.82 Å². The maximum atomic E-state index is 11.2. The zero-order valence-corrected chi connectivity index (χ0v) is 20.9. The summed E-state index contributed by atoms with van der Waals surface area (Å²) in [6.07, 6.45) is 6.53. The van der Waals surface area contributed by atoms with Crippen molar-refractivity contribution in [3.8, 4) is 0 Å². The molecule has 8 nitrogen and oxygen atoms in total. The number of nitrogens with zero attached hydrogens (tertiary/aromatic N) is 4. The maximum absolute atomic E-state index is 11.2. The van der Waals surface area contributed by atoms with E-state index < -0.39 is 0 Å². The van der Waals surface area contributed by atoms with Crippen molar-refractivity contribution in [2.24, 2.45) is 5.73 Å². The molecular weight excluding hydrogens is 452 g/mol. The van der Waals surface area contributed by atoms with Crippen LogP contribution in [0.2, 0.25) is 5.02 Å². The molecule has 2 aliphatic heterocycles. The Morgan fingerprint density at radius 2 is 1.85 bits per heavy atom. The van der Waals surface area contributed by atoms with Gasteiger partial charge in [0, 0.05) is 68.2 Å². The van der Waals surface area contributed by atoms with Gasteiger partial charge in [0.05, 0.1) is 11.3 Å². The van der Waals surface area contributed by atoms with Gasteiger partial charge in [-0.1, -0.05) is 24.9 Å². The first-order chi connectivity index (χ1) is 16.3. The van der Waals surface area contributed by atoms with Crippen LogP contribution < -0.4 is 16.4 Å². The molecule has 1 aromatic heterocycles. The molecule has 0 atom stereocenters. The van der Waals surface area contributed by atoms with Gasteiger partial charge in [-0.05, 0) is 43.5 Å². The van der Waals surface area contributed by atoms with Crippen molar-refractivity contribution in [3.63, 3.8) is 0 Å². The summed E-state index contributed by atoms with van der Waals surface area (Å²) >= 11 is 6.07. The van der Waals surface area contributed by atoms with Crippen LogP contribution in [0.5, 0.6) is 0 Å². The summed E-state index contributed by atoms with van der Waals surface area (Å²) in [6.45, 7) is 7.77. The number of likely N-dealkylation sites (tertiary alicyclic amines) is 1. The summed E-state index contributed by atoms with van der Waals surface area (Å²) in [6, 6.07) is 7.70. The van der Waals surface area contributed by atoms with Crippen LogP contribution in [-0.2, 0) is 9.59 Å². The quantitative estimate of drug-likeness (QED) is 0.680. The molecule has 0 spiro atoms. The number of allylic oxidation sites excluding steroid dienone is 1. The first kappa shape index (κ1) is 25.6. The second-order valence-electron chi connectivity index (χ2n) is 8.61. The topological polar surface area (TPSA) is 109 Å². The summed E-state index contributed by atoms with van der Waals surface area (Å²) < 4.78 is 0.